The fourth-order valence-corrected chi connectivity index (χ4v) is 1.64. The molecule has 0 atom stereocenters. The molecule has 88 valence electrons. The van der Waals surface area contributed by atoms with Crippen LogP contribution in [0.5, 0.6) is 5.75 Å². The molecule has 0 N–H and O–H groups in total. The van der Waals surface area contributed by atoms with Crippen molar-refractivity contribution in [1.29, 1.82) is 0 Å². The lowest BCUT2D eigenvalue weighted by atomic mass is 10.1. The molecule has 2 rings (SSSR count). The Balaban J connectivity index is 2.71. The Morgan fingerprint density at radius 3 is 2.71 bits per heavy atom. The van der Waals surface area contributed by atoms with E-state index in [1.54, 1.807) is 12.1 Å². The molecule has 2 aromatic rings. The van der Waals surface area contributed by atoms with Gasteiger partial charge in [0.1, 0.15) is 23.1 Å². The maximum atomic E-state index is 11.4. The van der Waals surface area contributed by atoms with Crippen molar-refractivity contribution < 1.29 is 13.8 Å². The lowest BCUT2D eigenvalue weighted by Gasteiger charge is -2.06. The third kappa shape index (κ3) is 2.14. The van der Waals surface area contributed by atoms with Crippen LogP contribution in [0.3, 0.4) is 0 Å². The molecule has 0 saturated heterocycles. The summed E-state index contributed by atoms with van der Waals surface area (Å²) < 4.78 is 9.31. The number of halogens is 1. The van der Waals surface area contributed by atoms with Gasteiger partial charge in [0.15, 0.2) is 0 Å². The second kappa shape index (κ2) is 4.55. The van der Waals surface area contributed by atoms with E-state index in [1.165, 1.54) is 13.2 Å². The molecular formula is C11H9ClN2O3. The third-order valence-electron chi connectivity index (χ3n) is 2.30. The Bertz CT molecular complexity index is 586. The van der Waals surface area contributed by atoms with Gasteiger partial charge in [0, 0.05) is 5.39 Å². The maximum Gasteiger partial charge on any atom is 0.356 e. The summed E-state index contributed by atoms with van der Waals surface area (Å²) >= 11 is 5.05. The minimum Gasteiger partial charge on any atom is -0.494 e. The van der Waals surface area contributed by atoms with E-state index in [2.05, 4.69) is 14.5 Å². The Hall–Kier alpha value is -1.88. The lowest BCUT2D eigenvalue weighted by molar-refractivity contribution is 0.0751. The summed E-state index contributed by atoms with van der Waals surface area (Å²) in [5, 5.41) is 8.70. The first-order valence-corrected chi connectivity index (χ1v) is 5.11. The summed E-state index contributed by atoms with van der Waals surface area (Å²) in [5.74, 6) is -0.187. The molecule has 1 aromatic heterocycles. The van der Waals surface area contributed by atoms with Gasteiger partial charge in [-0.15, -0.1) is 5.10 Å². The van der Waals surface area contributed by atoms with E-state index in [0.29, 0.717) is 16.8 Å². The molecule has 5 nitrogen and oxygen atoms in total. The van der Waals surface area contributed by atoms with Crippen LogP contribution in [-0.2, 0) is 4.29 Å². The summed E-state index contributed by atoms with van der Waals surface area (Å²) in [6.07, 6.45) is 0. The second-order valence-electron chi connectivity index (χ2n) is 3.47. The third-order valence-corrected chi connectivity index (χ3v) is 2.44. The van der Waals surface area contributed by atoms with E-state index < -0.39 is 5.97 Å². The molecule has 6 heteroatoms. The van der Waals surface area contributed by atoms with E-state index in [4.69, 9.17) is 16.6 Å². The molecule has 0 aliphatic rings. The van der Waals surface area contributed by atoms with Crippen LogP contribution in [0.15, 0.2) is 18.2 Å². The molecule has 0 fully saturated rings. The van der Waals surface area contributed by atoms with Crippen molar-refractivity contribution in [2.24, 2.45) is 0 Å². The lowest BCUT2D eigenvalue weighted by Crippen LogP contribution is -2.00. The van der Waals surface area contributed by atoms with Gasteiger partial charge in [0.25, 0.3) is 0 Å². The van der Waals surface area contributed by atoms with Crippen LogP contribution < -0.4 is 4.74 Å². The summed E-state index contributed by atoms with van der Waals surface area (Å²) in [6, 6.07) is 4.94. The number of fused-ring (bicyclic) bond motifs is 1. The zero-order valence-electron chi connectivity index (χ0n) is 9.23. The molecule has 0 aliphatic carbocycles. The van der Waals surface area contributed by atoms with Gasteiger partial charge in [0.2, 0.25) is 0 Å². The van der Waals surface area contributed by atoms with Gasteiger partial charge in [-0.25, -0.2) is 4.79 Å². The fourth-order valence-electron chi connectivity index (χ4n) is 1.55. The van der Waals surface area contributed by atoms with Crippen LogP contribution in [0.25, 0.3) is 10.9 Å². The van der Waals surface area contributed by atoms with Gasteiger partial charge in [-0.1, -0.05) is 0 Å². The van der Waals surface area contributed by atoms with Crippen LogP contribution in [0.1, 0.15) is 16.1 Å². The van der Waals surface area contributed by atoms with Gasteiger partial charge in [0.05, 0.1) is 18.4 Å². The zero-order valence-corrected chi connectivity index (χ0v) is 9.99. The van der Waals surface area contributed by atoms with Crippen molar-refractivity contribution >= 4 is 28.7 Å². The summed E-state index contributed by atoms with van der Waals surface area (Å²) in [6.45, 7) is 1.81. The number of carbonyl (C=O) groups excluding carboxylic acids is 1. The van der Waals surface area contributed by atoms with Gasteiger partial charge in [-0.05, 0) is 25.1 Å². The number of methoxy groups -OCH3 is 1. The quantitative estimate of drug-likeness (QED) is 0.820. The van der Waals surface area contributed by atoms with E-state index in [-0.39, 0.29) is 0 Å². The van der Waals surface area contributed by atoms with E-state index in [9.17, 15) is 4.79 Å². The standard InChI is InChI=1S/C11H9ClN2O3/c1-6-3-7-4-8(11(15)17-12)5-9(16-2)10(7)14-13-6/h3-5H,1-2H3. The van der Waals surface area contributed by atoms with Gasteiger partial charge >= 0.3 is 5.97 Å². The molecule has 1 aromatic carbocycles. The van der Waals surface area contributed by atoms with Crippen LogP contribution in [0.4, 0.5) is 0 Å². The average molecular weight is 253 g/mol. The van der Waals surface area contributed by atoms with Gasteiger partial charge in [-0.3, -0.25) is 0 Å². The number of benzene rings is 1. The molecule has 1 heterocycles. The van der Waals surface area contributed by atoms with Crippen LogP contribution in [-0.4, -0.2) is 23.3 Å². The number of carbonyl (C=O) groups is 1. The van der Waals surface area contributed by atoms with E-state index >= 15 is 0 Å². The second-order valence-corrected chi connectivity index (χ2v) is 3.62. The molecule has 17 heavy (non-hydrogen) atoms. The number of rotatable bonds is 2. The summed E-state index contributed by atoms with van der Waals surface area (Å²) in [4.78, 5) is 11.4. The van der Waals surface area contributed by atoms with Crippen molar-refractivity contribution in [2.45, 2.75) is 6.92 Å². The molecule has 0 amide bonds. The first-order chi connectivity index (χ1) is 8.15. The van der Waals surface area contributed by atoms with Crippen molar-refractivity contribution in [3.05, 3.63) is 29.5 Å². The van der Waals surface area contributed by atoms with Gasteiger partial charge in [-0.2, -0.15) is 5.10 Å². The topological polar surface area (TPSA) is 61.3 Å². The Kier molecular flexibility index (Phi) is 3.10. The highest BCUT2D eigenvalue weighted by Gasteiger charge is 2.13. The van der Waals surface area contributed by atoms with Crippen molar-refractivity contribution in [3.8, 4) is 5.75 Å². The maximum absolute atomic E-state index is 11.4. The Labute approximate surface area is 102 Å². The van der Waals surface area contributed by atoms with Crippen LogP contribution in [0, 0.1) is 6.92 Å². The predicted octanol–water partition coefficient (Wildman–Crippen LogP) is 2.26. The molecule has 0 bridgehead atoms. The number of hydrogen-bond acceptors (Lipinski definition) is 5. The number of ether oxygens (including phenoxy) is 1. The summed E-state index contributed by atoms with van der Waals surface area (Å²) in [5.41, 5.74) is 1.64. The fraction of sp³-hybridized carbons (Fsp3) is 0.182. The summed E-state index contributed by atoms with van der Waals surface area (Å²) in [7, 11) is 1.49. The minimum absolute atomic E-state index is 0.303. The molecule has 0 unspecified atom stereocenters. The average Bonchev–Trinajstić information content (AvgIpc) is 2.35. The number of nitrogens with zero attached hydrogens (tertiary/aromatic N) is 2. The van der Waals surface area contributed by atoms with Crippen molar-refractivity contribution in [3.63, 3.8) is 0 Å². The monoisotopic (exact) mass is 252 g/mol. The first kappa shape index (κ1) is 11.6. The van der Waals surface area contributed by atoms with Crippen molar-refractivity contribution in [1.82, 2.24) is 10.2 Å². The molecule has 0 saturated carbocycles. The minimum atomic E-state index is -0.638. The van der Waals surface area contributed by atoms with E-state index in [1.807, 2.05) is 6.92 Å². The number of aromatic nitrogens is 2. The highest BCUT2D eigenvalue weighted by Crippen LogP contribution is 2.26. The normalized spacial score (nSPS) is 10.3. The van der Waals surface area contributed by atoms with Crippen LogP contribution >= 0.6 is 11.9 Å². The predicted molar refractivity (Wildman–Crippen MR) is 62.1 cm³/mol. The Morgan fingerprint density at radius 1 is 1.29 bits per heavy atom. The first-order valence-electron chi connectivity index (χ1n) is 4.80. The highest BCUT2D eigenvalue weighted by atomic mass is 35.5. The Morgan fingerprint density at radius 2 is 2.06 bits per heavy atom. The molecule has 0 spiro atoms. The molecular weight excluding hydrogens is 244 g/mol. The SMILES string of the molecule is COc1cc(C(=O)OCl)cc2cc(C)nnc12. The molecule has 0 radical (unpaired) electrons. The van der Waals surface area contributed by atoms with Gasteiger partial charge < -0.3 is 9.03 Å². The smallest absolute Gasteiger partial charge is 0.356 e. The highest BCUT2D eigenvalue weighted by molar-refractivity contribution is 6.16. The number of hydrogen-bond donors (Lipinski definition) is 0. The van der Waals surface area contributed by atoms with Crippen LogP contribution in [0.2, 0.25) is 0 Å². The molecule has 0 aliphatic heterocycles. The van der Waals surface area contributed by atoms with Crippen molar-refractivity contribution in [2.75, 3.05) is 7.11 Å². The number of aryl methyl sites for hydroxylation is 1. The van der Waals surface area contributed by atoms with E-state index in [0.717, 1.165) is 11.1 Å². The zero-order chi connectivity index (χ0) is 12.4. The largest absolute Gasteiger partial charge is 0.494 e.